The van der Waals surface area contributed by atoms with Gasteiger partial charge >= 0.3 is 23.9 Å². The van der Waals surface area contributed by atoms with Gasteiger partial charge in [-0.2, -0.15) is 0 Å². The Balaban J connectivity index is 1.93. The first-order chi connectivity index (χ1) is 16.1. The number of carbonyl (C=O) groups excluding carboxylic acids is 4. The van der Waals surface area contributed by atoms with Crippen LogP contribution in [0, 0.1) is 16.7 Å². The number of rotatable bonds is 4. The number of aliphatic hydroxyl groups is 1. The minimum absolute atomic E-state index is 0.0211. The Morgan fingerprint density at radius 2 is 1.85 bits per heavy atom. The lowest BCUT2D eigenvalue weighted by Gasteiger charge is -2.58. The van der Waals surface area contributed by atoms with Gasteiger partial charge in [-0.15, -0.1) is 0 Å². The maximum atomic E-state index is 13.6. The summed E-state index contributed by atoms with van der Waals surface area (Å²) in [4.78, 5) is 52.1. The maximum Gasteiger partial charge on any atom is 0.343 e. The average molecular weight is 476 g/mol. The van der Waals surface area contributed by atoms with E-state index in [0.717, 1.165) is 21.1 Å². The summed E-state index contributed by atoms with van der Waals surface area (Å²) in [5, 5.41) is 12.0. The molecule has 1 saturated heterocycles. The van der Waals surface area contributed by atoms with Crippen molar-refractivity contribution in [1.29, 1.82) is 0 Å². The molecule has 1 N–H and O–H groups in total. The van der Waals surface area contributed by atoms with Crippen LogP contribution in [0.2, 0.25) is 0 Å². The molecule has 2 fully saturated rings. The van der Waals surface area contributed by atoms with Crippen LogP contribution in [-0.4, -0.2) is 54.9 Å². The van der Waals surface area contributed by atoms with E-state index in [2.05, 4.69) is 0 Å². The molecular formula is C24H28O10. The van der Waals surface area contributed by atoms with Crippen molar-refractivity contribution in [3.05, 3.63) is 35.8 Å². The molecule has 184 valence electrons. The standard InChI is InChI=1S/C24H28O10/c1-13-7-9-23(20(27)30-3)17(5-6-18(33-14(2)25)24(23,29)21(28)31-4)22(13)11-16(34-19(22)26)15-8-10-32-12-15/h7-8,10,12,16-18,29H,5-6,9,11H2,1-4H3/t16-,17-,18-,22+,23-,24-/m1/s1. The number of cyclic esters (lactones) is 1. The van der Waals surface area contributed by atoms with Gasteiger partial charge in [-0.1, -0.05) is 11.6 Å². The highest BCUT2D eigenvalue weighted by molar-refractivity contribution is 5.95. The second kappa shape index (κ2) is 8.26. The molecule has 0 amide bonds. The predicted octanol–water partition coefficient (Wildman–Crippen LogP) is 2.01. The molecule has 1 aromatic rings. The van der Waals surface area contributed by atoms with E-state index in [1.807, 2.05) is 0 Å². The zero-order valence-corrected chi connectivity index (χ0v) is 19.5. The number of hydrogen-bond donors (Lipinski definition) is 1. The van der Waals surface area contributed by atoms with Crippen LogP contribution < -0.4 is 0 Å². The quantitative estimate of drug-likeness (QED) is 0.390. The van der Waals surface area contributed by atoms with Crippen molar-refractivity contribution in [2.45, 2.75) is 57.3 Å². The van der Waals surface area contributed by atoms with Crippen LogP contribution in [0.5, 0.6) is 0 Å². The van der Waals surface area contributed by atoms with Crippen LogP contribution in [-0.2, 0) is 38.1 Å². The van der Waals surface area contributed by atoms with E-state index in [4.69, 9.17) is 23.4 Å². The molecule has 2 aliphatic carbocycles. The van der Waals surface area contributed by atoms with E-state index in [0.29, 0.717) is 11.1 Å². The summed E-state index contributed by atoms with van der Waals surface area (Å²) in [5.74, 6) is -4.23. The zero-order valence-electron chi connectivity index (χ0n) is 19.5. The molecule has 1 aromatic heterocycles. The van der Waals surface area contributed by atoms with Gasteiger partial charge in [-0.25, -0.2) is 4.79 Å². The summed E-state index contributed by atoms with van der Waals surface area (Å²) in [7, 11) is 2.21. The topological polar surface area (TPSA) is 139 Å². The van der Waals surface area contributed by atoms with Crippen molar-refractivity contribution < 1.29 is 47.6 Å². The van der Waals surface area contributed by atoms with Crippen molar-refractivity contribution in [2.24, 2.45) is 16.7 Å². The van der Waals surface area contributed by atoms with Gasteiger partial charge in [-0.05, 0) is 38.2 Å². The molecule has 1 aliphatic heterocycles. The Hall–Kier alpha value is -3.14. The second-order valence-electron chi connectivity index (χ2n) is 9.17. The summed E-state index contributed by atoms with van der Waals surface area (Å²) in [6.07, 6.45) is 2.84. The Morgan fingerprint density at radius 3 is 2.44 bits per heavy atom. The van der Waals surface area contributed by atoms with Gasteiger partial charge in [0.15, 0.2) is 0 Å². The summed E-state index contributed by atoms with van der Waals surface area (Å²) in [6.45, 7) is 2.92. The highest BCUT2D eigenvalue weighted by Gasteiger charge is 2.78. The summed E-state index contributed by atoms with van der Waals surface area (Å²) in [6, 6.07) is 1.69. The number of fused-ring (bicyclic) bond motifs is 2. The van der Waals surface area contributed by atoms with Gasteiger partial charge in [0, 0.05) is 18.9 Å². The molecule has 6 atom stereocenters. The van der Waals surface area contributed by atoms with Crippen LogP contribution >= 0.6 is 0 Å². The van der Waals surface area contributed by atoms with Gasteiger partial charge in [0.1, 0.15) is 17.6 Å². The number of allylic oxidation sites excluding steroid dienone is 1. The van der Waals surface area contributed by atoms with Gasteiger partial charge < -0.3 is 28.5 Å². The Bertz CT molecular complexity index is 1040. The number of ether oxygens (including phenoxy) is 4. The molecule has 10 nitrogen and oxygen atoms in total. The number of carbonyl (C=O) groups is 4. The molecular weight excluding hydrogens is 448 g/mol. The molecule has 0 radical (unpaired) electrons. The number of esters is 4. The minimum atomic E-state index is -2.60. The van der Waals surface area contributed by atoms with Crippen LogP contribution in [0.25, 0.3) is 0 Å². The van der Waals surface area contributed by atoms with Crippen LogP contribution in [0.1, 0.15) is 51.2 Å². The monoisotopic (exact) mass is 476 g/mol. The number of methoxy groups -OCH3 is 2. The van der Waals surface area contributed by atoms with E-state index in [-0.39, 0.29) is 25.7 Å². The first kappa shape index (κ1) is 24.0. The van der Waals surface area contributed by atoms with Crippen LogP contribution in [0.4, 0.5) is 0 Å². The number of hydrogen-bond acceptors (Lipinski definition) is 10. The molecule has 34 heavy (non-hydrogen) atoms. The third-order valence-electron chi connectivity index (χ3n) is 7.88. The lowest BCUT2D eigenvalue weighted by molar-refractivity contribution is -0.247. The van der Waals surface area contributed by atoms with Crippen molar-refractivity contribution in [3.8, 4) is 0 Å². The number of furan rings is 1. The molecule has 0 bridgehead atoms. The second-order valence-corrected chi connectivity index (χ2v) is 9.17. The third kappa shape index (κ3) is 2.97. The Kier molecular flexibility index (Phi) is 5.83. The summed E-state index contributed by atoms with van der Waals surface area (Å²) < 4.78 is 26.3. The molecule has 3 aliphatic rings. The van der Waals surface area contributed by atoms with E-state index in [1.54, 1.807) is 19.1 Å². The van der Waals surface area contributed by atoms with E-state index in [9.17, 15) is 24.3 Å². The zero-order chi connectivity index (χ0) is 24.9. The minimum Gasteiger partial charge on any atom is -0.472 e. The predicted molar refractivity (Wildman–Crippen MR) is 113 cm³/mol. The van der Waals surface area contributed by atoms with Crippen molar-refractivity contribution >= 4 is 23.9 Å². The highest BCUT2D eigenvalue weighted by atomic mass is 16.6. The fraction of sp³-hybridized carbons (Fsp3) is 0.583. The lowest BCUT2D eigenvalue weighted by Crippen LogP contribution is -2.73. The van der Waals surface area contributed by atoms with Gasteiger partial charge in [0.2, 0.25) is 5.60 Å². The fourth-order valence-corrected chi connectivity index (χ4v) is 6.34. The first-order valence-corrected chi connectivity index (χ1v) is 11.1. The van der Waals surface area contributed by atoms with Crippen molar-refractivity contribution in [3.63, 3.8) is 0 Å². The van der Waals surface area contributed by atoms with Gasteiger partial charge in [-0.3, -0.25) is 14.4 Å². The van der Waals surface area contributed by atoms with Crippen molar-refractivity contribution in [1.82, 2.24) is 0 Å². The molecule has 2 heterocycles. The van der Waals surface area contributed by atoms with E-state index in [1.165, 1.54) is 12.5 Å². The van der Waals surface area contributed by atoms with Crippen LogP contribution in [0.15, 0.2) is 34.7 Å². The molecule has 0 unspecified atom stereocenters. The normalized spacial score (nSPS) is 36.8. The fourth-order valence-electron chi connectivity index (χ4n) is 6.34. The first-order valence-electron chi connectivity index (χ1n) is 11.1. The Labute approximate surface area is 196 Å². The summed E-state index contributed by atoms with van der Waals surface area (Å²) in [5.41, 5.74) is -4.55. The molecule has 1 spiro atoms. The average Bonchev–Trinajstić information content (AvgIpc) is 3.46. The SMILES string of the molecule is COC(=O)[C@@]12CC=C(C)[C@@]3(C[C@H](c4ccoc4)OC3=O)[C@H]1CC[C@@H](OC(C)=O)[C@@]2(O)C(=O)OC. The molecule has 10 heteroatoms. The van der Waals surface area contributed by atoms with E-state index < -0.39 is 58.4 Å². The lowest BCUT2D eigenvalue weighted by atomic mass is 9.44. The van der Waals surface area contributed by atoms with E-state index >= 15 is 0 Å². The molecule has 0 aromatic carbocycles. The molecule has 4 rings (SSSR count). The Morgan fingerprint density at radius 1 is 1.15 bits per heavy atom. The molecule has 1 saturated carbocycles. The largest absolute Gasteiger partial charge is 0.472 e. The van der Waals surface area contributed by atoms with Crippen LogP contribution in [0.3, 0.4) is 0 Å². The third-order valence-corrected chi connectivity index (χ3v) is 7.88. The van der Waals surface area contributed by atoms with Crippen molar-refractivity contribution in [2.75, 3.05) is 14.2 Å². The summed E-state index contributed by atoms with van der Waals surface area (Å²) >= 11 is 0. The highest BCUT2D eigenvalue weighted by Crippen LogP contribution is 2.67. The van der Waals surface area contributed by atoms with Gasteiger partial charge in [0.05, 0.1) is 32.2 Å². The maximum absolute atomic E-state index is 13.6. The smallest absolute Gasteiger partial charge is 0.343 e. The van der Waals surface area contributed by atoms with Gasteiger partial charge in [0.25, 0.3) is 0 Å².